The Morgan fingerprint density at radius 2 is 1.67 bits per heavy atom. The minimum Gasteiger partial charge on any atom is -0.326 e. The van der Waals surface area contributed by atoms with Crippen LogP contribution in [-0.2, 0) is 12.7 Å². The lowest BCUT2D eigenvalue weighted by Crippen LogP contribution is -2.21. The third kappa shape index (κ3) is 5.48. The molecule has 0 aliphatic rings. The molecule has 1 atom stereocenters. The molecule has 0 bridgehead atoms. The van der Waals surface area contributed by atoms with Crippen molar-refractivity contribution in [3.8, 4) is 5.69 Å². The molecule has 0 spiro atoms. The van der Waals surface area contributed by atoms with Crippen molar-refractivity contribution in [3.05, 3.63) is 113 Å². The van der Waals surface area contributed by atoms with E-state index in [-0.39, 0.29) is 18.3 Å². The standard InChI is InChI=1S/C27H26F3N5O/c1-34(2)25(19-9-4-3-5-10-19)20-11-7-12-21(15-20)32-26(36)23-16-24(27(28,29)30)33-35(23)22-13-6-8-18(14-22)17-31/h3-16,25H,17,31H2,1-2H3,(H,32,36). The zero-order valence-electron chi connectivity index (χ0n) is 19.8. The number of aromatic nitrogens is 2. The SMILES string of the molecule is CN(C)C(c1ccccc1)c1cccc(NC(=O)c2cc(C(F)(F)F)nn2-c2cccc(CN)c2)c1. The average molecular weight is 494 g/mol. The van der Waals surface area contributed by atoms with Crippen LogP contribution in [0.2, 0.25) is 0 Å². The number of anilines is 1. The Morgan fingerprint density at radius 3 is 2.33 bits per heavy atom. The Hall–Kier alpha value is -3.95. The zero-order chi connectivity index (χ0) is 25.9. The normalized spacial score (nSPS) is 12.5. The van der Waals surface area contributed by atoms with E-state index < -0.39 is 17.8 Å². The first-order valence-electron chi connectivity index (χ1n) is 11.3. The second-order valence-corrected chi connectivity index (χ2v) is 8.55. The molecule has 1 amide bonds. The van der Waals surface area contributed by atoms with Crippen molar-refractivity contribution in [3.63, 3.8) is 0 Å². The van der Waals surface area contributed by atoms with Crippen LogP contribution >= 0.6 is 0 Å². The highest BCUT2D eigenvalue weighted by Gasteiger charge is 2.36. The number of benzene rings is 3. The van der Waals surface area contributed by atoms with Gasteiger partial charge in [0.25, 0.3) is 5.91 Å². The van der Waals surface area contributed by atoms with Gasteiger partial charge >= 0.3 is 6.18 Å². The van der Waals surface area contributed by atoms with Crippen molar-refractivity contribution in [1.29, 1.82) is 0 Å². The van der Waals surface area contributed by atoms with E-state index in [2.05, 4.69) is 10.4 Å². The molecule has 0 fully saturated rings. The van der Waals surface area contributed by atoms with Crippen molar-refractivity contribution < 1.29 is 18.0 Å². The van der Waals surface area contributed by atoms with Crippen molar-refractivity contribution >= 4 is 11.6 Å². The van der Waals surface area contributed by atoms with Crippen LogP contribution in [0.3, 0.4) is 0 Å². The van der Waals surface area contributed by atoms with E-state index in [4.69, 9.17) is 5.73 Å². The Morgan fingerprint density at radius 1 is 0.972 bits per heavy atom. The van der Waals surface area contributed by atoms with Gasteiger partial charge in [-0.05, 0) is 55.1 Å². The molecule has 3 aromatic carbocycles. The fraction of sp³-hybridized carbons (Fsp3) is 0.185. The van der Waals surface area contributed by atoms with Gasteiger partial charge in [-0.25, -0.2) is 4.68 Å². The van der Waals surface area contributed by atoms with Gasteiger partial charge in [0.2, 0.25) is 0 Å². The van der Waals surface area contributed by atoms with E-state index in [0.29, 0.717) is 16.9 Å². The Balaban J connectivity index is 1.69. The molecule has 9 heteroatoms. The lowest BCUT2D eigenvalue weighted by Gasteiger charge is -2.25. The summed E-state index contributed by atoms with van der Waals surface area (Å²) in [5.41, 5.74) is 7.74. The first kappa shape index (κ1) is 25.2. The number of hydrogen-bond acceptors (Lipinski definition) is 4. The summed E-state index contributed by atoms with van der Waals surface area (Å²) in [4.78, 5) is 15.3. The number of alkyl halides is 3. The van der Waals surface area contributed by atoms with Crippen LogP contribution < -0.4 is 11.1 Å². The Bertz CT molecular complexity index is 1350. The van der Waals surface area contributed by atoms with Crippen molar-refractivity contribution in [2.75, 3.05) is 19.4 Å². The first-order valence-corrected chi connectivity index (χ1v) is 11.3. The average Bonchev–Trinajstić information content (AvgIpc) is 3.32. The summed E-state index contributed by atoms with van der Waals surface area (Å²) in [6.45, 7) is 0.198. The number of halogens is 3. The fourth-order valence-electron chi connectivity index (χ4n) is 4.10. The molecule has 0 aliphatic carbocycles. The third-order valence-electron chi connectivity index (χ3n) is 5.72. The molecule has 0 saturated carbocycles. The van der Waals surface area contributed by atoms with Crippen LogP contribution in [0.15, 0.2) is 84.9 Å². The van der Waals surface area contributed by atoms with Crippen LogP contribution in [0.4, 0.5) is 18.9 Å². The molecule has 1 unspecified atom stereocenters. The molecule has 3 N–H and O–H groups in total. The summed E-state index contributed by atoms with van der Waals surface area (Å²) in [6, 6.07) is 24.4. The predicted molar refractivity (Wildman–Crippen MR) is 133 cm³/mol. The number of amides is 1. The van der Waals surface area contributed by atoms with E-state index in [1.165, 1.54) is 0 Å². The van der Waals surface area contributed by atoms with Gasteiger partial charge in [0.15, 0.2) is 5.69 Å². The number of nitrogens with zero attached hydrogens (tertiary/aromatic N) is 3. The van der Waals surface area contributed by atoms with Crippen LogP contribution in [0.25, 0.3) is 5.69 Å². The third-order valence-corrected chi connectivity index (χ3v) is 5.72. The van der Waals surface area contributed by atoms with E-state index in [0.717, 1.165) is 21.9 Å². The van der Waals surface area contributed by atoms with Gasteiger partial charge in [-0.2, -0.15) is 18.3 Å². The maximum atomic E-state index is 13.5. The number of nitrogens with one attached hydrogen (secondary N) is 1. The van der Waals surface area contributed by atoms with Gasteiger partial charge in [0.05, 0.1) is 11.7 Å². The maximum Gasteiger partial charge on any atom is 0.435 e. The number of carbonyl (C=O) groups is 1. The molecular weight excluding hydrogens is 467 g/mol. The van der Waals surface area contributed by atoms with E-state index in [9.17, 15) is 18.0 Å². The number of nitrogens with two attached hydrogens (primary N) is 1. The summed E-state index contributed by atoms with van der Waals surface area (Å²) in [5.74, 6) is -0.714. The highest BCUT2D eigenvalue weighted by atomic mass is 19.4. The second-order valence-electron chi connectivity index (χ2n) is 8.55. The summed E-state index contributed by atoms with van der Waals surface area (Å²) in [5, 5.41) is 6.42. The highest BCUT2D eigenvalue weighted by Crippen LogP contribution is 2.31. The molecule has 0 saturated heterocycles. The molecule has 36 heavy (non-hydrogen) atoms. The minimum absolute atomic E-state index is 0.0792. The second kappa shape index (κ2) is 10.3. The van der Waals surface area contributed by atoms with Crippen molar-refractivity contribution in [2.45, 2.75) is 18.8 Å². The van der Waals surface area contributed by atoms with Crippen molar-refractivity contribution in [1.82, 2.24) is 14.7 Å². The maximum absolute atomic E-state index is 13.5. The van der Waals surface area contributed by atoms with Gasteiger partial charge in [0, 0.05) is 18.3 Å². The highest BCUT2D eigenvalue weighted by molar-refractivity contribution is 6.03. The molecule has 4 aromatic rings. The largest absolute Gasteiger partial charge is 0.435 e. The van der Waals surface area contributed by atoms with E-state index in [1.54, 1.807) is 36.4 Å². The fourth-order valence-corrected chi connectivity index (χ4v) is 4.10. The van der Waals surface area contributed by atoms with E-state index >= 15 is 0 Å². The van der Waals surface area contributed by atoms with Crippen LogP contribution in [0, 0.1) is 0 Å². The molecule has 0 radical (unpaired) electrons. The molecule has 186 valence electrons. The van der Waals surface area contributed by atoms with E-state index in [1.807, 2.05) is 61.5 Å². The quantitative estimate of drug-likeness (QED) is 0.369. The minimum atomic E-state index is -4.71. The molecular formula is C27H26F3N5O. The smallest absolute Gasteiger partial charge is 0.326 e. The van der Waals surface area contributed by atoms with Crippen molar-refractivity contribution in [2.24, 2.45) is 5.73 Å². The van der Waals surface area contributed by atoms with Crippen LogP contribution in [-0.4, -0.2) is 34.7 Å². The number of rotatable bonds is 7. The molecule has 6 nitrogen and oxygen atoms in total. The Labute approximate surface area is 207 Å². The topological polar surface area (TPSA) is 76.2 Å². The first-order chi connectivity index (χ1) is 17.2. The summed E-state index contributed by atoms with van der Waals surface area (Å²) >= 11 is 0. The Kier molecular flexibility index (Phi) is 7.23. The number of hydrogen-bond donors (Lipinski definition) is 2. The summed E-state index contributed by atoms with van der Waals surface area (Å²) in [6.07, 6.45) is -4.71. The van der Waals surface area contributed by atoms with Crippen LogP contribution in [0.5, 0.6) is 0 Å². The molecule has 4 rings (SSSR count). The van der Waals surface area contributed by atoms with Gasteiger partial charge in [-0.15, -0.1) is 0 Å². The summed E-state index contributed by atoms with van der Waals surface area (Å²) in [7, 11) is 3.91. The number of carbonyl (C=O) groups excluding carboxylic acids is 1. The van der Waals surface area contributed by atoms with Gasteiger partial charge < -0.3 is 11.1 Å². The van der Waals surface area contributed by atoms with Crippen LogP contribution in [0.1, 0.15) is 38.9 Å². The predicted octanol–water partition coefficient (Wildman–Crippen LogP) is 5.25. The van der Waals surface area contributed by atoms with Gasteiger partial charge in [0.1, 0.15) is 5.69 Å². The molecule has 0 aliphatic heterocycles. The summed E-state index contributed by atoms with van der Waals surface area (Å²) < 4.78 is 41.4. The van der Waals surface area contributed by atoms with Gasteiger partial charge in [-0.1, -0.05) is 54.6 Å². The van der Waals surface area contributed by atoms with Gasteiger partial charge in [-0.3, -0.25) is 9.69 Å². The lowest BCUT2D eigenvalue weighted by atomic mass is 9.97. The molecule has 1 heterocycles. The monoisotopic (exact) mass is 493 g/mol. The molecule has 1 aromatic heterocycles. The zero-order valence-corrected chi connectivity index (χ0v) is 19.8. The lowest BCUT2D eigenvalue weighted by molar-refractivity contribution is -0.141.